The lowest BCUT2D eigenvalue weighted by Crippen LogP contribution is -2.01. The number of hydrogen-bond donors (Lipinski definition) is 0. The van der Waals surface area contributed by atoms with Crippen LogP contribution in [0.1, 0.15) is 16.8 Å². The van der Waals surface area contributed by atoms with Crippen LogP contribution in [0.5, 0.6) is 0 Å². The second-order valence-corrected chi connectivity index (χ2v) is 4.05. The molecule has 2 heterocycles. The van der Waals surface area contributed by atoms with Gasteiger partial charge in [0.25, 0.3) is 0 Å². The molecule has 0 aromatic carbocycles. The van der Waals surface area contributed by atoms with E-state index in [1.807, 2.05) is 38.0 Å². The average molecular weight is 225 g/mol. The average Bonchev–Trinajstić information content (AvgIpc) is 2.67. The highest BCUT2D eigenvalue weighted by Gasteiger charge is 2.11. The molecule has 0 N–H and O–H groups in total. The van der Waals surface area contributed by atoms with Gasteiger partial charge in [-0.25, -0.2) is 0 Å². The largest absolute Gasteiger partial charge is 0.268 e. The molecule has 0 fully saturated rings. The zero-order valence-electron chi connectivity index (χ0n) is 9.03. The Kier molecular flexibility index (Phi) is 2.52. The summed E-state index contributed by atoms with van der Waals surface area (Å²) in [6.07, 6.45) is 3.82. The molecule has 5 heteroatoms. The second-order valence-electron chi connectivity index (χ2n) is 3.69. The van der Waals surface area contributed by atoms with E-state index < -0.39 is 0 Å². The molecule has 2 rings (SSSR count). The number of aromatic nitrogens is 4. The molecule has 0 spiro atoms. The normalized spacial score (nSPS) is 10.9. The zero-order valence-corrected chi connectivity index (χ0v) is 9.78. The van der Waals surface area contributed by atoms with Gasteiger partial charge in [0, 0.05) is 18.8 Å². The molecule has 4 nitrogen and oxygen atoms in total. The van der Waals surface area contributed by atoms with Crippen LogP contribution >= 0.6 is 11.6 Å². The second kappa shape index (κ2) is 3.70. The predicted molar refractivity (Wildman–Crippen MR) is 59.0 cm³/mol. The first-order valence-corrected chi connectivity index (χ1v) is 5.12. The summed E-state index contributed by atoms with van der Waals surface area (Å²) in [5.74, 6) is 0. The third kappa shape index (κ3) is 1.90. The number of hydrogen-bond acceptors (Lipinski definition) is 2. The highest BCUT2D eigenvalue weighted by molar-refractivity contribution is 6.30. The minimum atomic E-state index is 0.673. The van der Waals surface area contributed by atoms with Crippen LogP contribution in [-0.4, -0.2) is 19.6 Å². The van der Waals surface area contributed by atoms with Crippen molar-refractivity contribution >= 4 is 11.6 Å². The Morgan fingerprint density at radius 3 is 2.60 bits per heavy atom. The van der Waals surface area contributed by atoms with Crippen molar-refractivity contribution in [2.75, 3.05) is 0 Å². The Morgan fingerprint density at radius 1 is 1.40 bits per heavy atom. The van der Waals surface area contributed by atoms with Gasteiger partial charge in [-0.1, -0.05) is 11.6 Å². The van der Waals surface area contributed by atoms with Gasteiger partial charge in [0.05, 0.1) is 18.4 Å². The molecule has 0 bridgehead atoms. The smallest absolute Gasteiger partial charge is 0.132 e. The van der Waals surface area contributed by atoms with Gasteiger partial charge >= 0.3 is 0 Å². The topological polar surface area (TPSA) is 35.6 Å². The Bertz CT molecular complexity index is 484. The van der Waals surface area contributed by atoms with Crippen molar-refractivity contribution in [3.05, 3.63) is 34.4 Å². The van der Waals surface area contributed by atoms with E-state index in [4.69, 9.17) is 11.6 Å². The highest BCUT2D eigenvalue weighted by atomic mass is 35.5. The van der Waals surface area contributed by atoms with Gasteiger partial charge in [-0.3, -0.25) is 9.36 Å². The molecule has 80 valence electrons. The van der Waals surface area contributed by atoms with Crippen molar-refractivity contribution in [1.29, 1.82) is 0 Å². The maximum absolute atomic E-state index is 6.13. The van der Waals surface area contributed by atoms with E-state index in [1.54, 1.807) is 4.68 Å². The molecule has 0 aliphatic heterocycles. The Morgan fingerprint density at radius 2 is 2.13 bits per heavy atom. The van der Waals surface area contributed by atoms with E-state index in [1.165, 1.54) is 0 Å². The summed E-state index contributed by atoms with van der Waals surface area (Å²) >= 11 is 6.13. The minimum Gasteiger partial charge on any atom is -0.268 e. The molecular weight excluding hydrogens is 212 g/mol. The zero-order chi connectivity index (χ0) is 11.0. The Labute approximate surface area is 93.5 Å². The van der Waals surface area contributed by atoms with Gasteiger partial charge in [0.15, 0.2) is 0 Å². The number of rotatable bonds is 2. The summed E-state index contributed by atoms with van der Waals surface area (Å²) in [6, 6.07) is 0. The van der Waals surface area contributed by atoms with Crippen LogP contribution in [0.15, 0.2) is 12.4 Å². The summed E-state index contributed by atoms with van der Waals surface area (Å²) in [5, 5.41) is 9.16. The van der Waals surface area contributed by atoms with Gasteiger partial charge in [0.1, 0.15) is 5.15 Å². The van der Waals surface area contributed by atoms with E-state index in [-0.39, 0.29) is 0 Å². The summed E-state index contributed by atoms with van der Waals surface area (Å²) in [4.78, 5) is 0. The molecule has 0 saturated carbocycles. The minimum absolute atomic E-state index is 0.673. The summed E-state index contributed by atoms with van der Waals surface area (Å²) < 4.78 is 3.55. The fraction of sp³-hybridized carbons (Fsp3) is 0.400. The predicted octanol–water partition coefficient (Wildman–Crippen LogP) is 1.94. The molecule has 0 atom stereocenters. The number of aryl methyl sites for hydroxylation is 3. The van der Waals surface area contributed by atoms with E-state index in [0.29, 0.717) is 11.7 Å². The monoisotopic (exact) mass is 224 g/mol. The molecule has 0 aliphatic carbocycles. The van der Waals surface area contributed by atoms with Crippen molar-refractivity contribution < 1.29 is 0 Å². The third-order valence-corrected chi connectivity index (χ3v) is 2.83. The number of nitrogens with zero attached hydrogens (tertiary/aromatic N) is 4. The van der Waals surface area contributed by atoms with Crippen LogP contribution in [0.25, 0.3) is 0 Å². The van der Waals surface area contributed by atoms with Crippen LogP contribution < -0.4 is 0 Å². The van der Waals surface area contributed by atoms with Crippen LogP contribution in [0.3, 0.4) is 0 Å². The SMILES string of the molecule is Cc1cnn(Cc2c(C)nn(C)c2Cl)c1. The maximum atomic E-state index is 6.13. The quantitative estimate of drug-likeness (QED) is 0.782. The molecule has 2 aromatic heterocycles. The standard InChI is InChI=1S/C10H13ClN4/c1-7-4-12-15(5-7)6-9-8(2)13-14(3)10(9)11/h4-5H,6H2,1-3H3. The van der Waals surface area contributed by atoms with Crippen molar-refractivity contribution in [3.8, 4) is 0 Å². The lowest BCUT2D eigenvalue weighted by atomic mass is 10.2. The van der Waals surface area contributed by atoms with Crippen LogP contribution in [0.4, 0.5) is 0 Å². The molecule has 0 radical (unpaired) electrons. The van der Waals surface area contributed by atoms with Crippen molar-refractivity contribution in [1.82, 2.24) is 19.6 Å². The van der Waals surface area contributed by atoms with Crippen LogP contribution in [-0.2, 0) is 13.6 Å². The first-order chi connectivity index (χ1) is 7.08. The van der Waals surface area contributed by atoms with Crippen molar-refractivity contribution in [2.45, 2.75) is 20.4 Å². The van der Waals surface area contributed by atoms with Crippen LogP contribution in [0.2, 0.25) is 5.15 Å². The van der Waals surface area contributed by atoms with E-state index in [2.05, 4.69) is 10.2 Å². The highest BCUT2D eigenvalue weighted by Crippen LogP contribution is 2.19. The van der Waals surface area contributed by atoms with Crippen molar-refractivity contribution in [2.24, 2.45) is 7.05 Å². The lowest BCUT2D eigenvalue weighted by molar-refractivity contribution is 0.683. The van der Waals surface area contributed by atoms with Gasteiger partial charge in [-0.2, -0.15) is 10.2 Å². The van der Waals surface area contributed by atoms with E-state index in [9.17, 15) is 0 Å². The fourth-order valence-electron chi connectivity index (χ4n) is 1.57. The molecule has 0 unspecified atom stereocenters. The Hall–Kier alpha value is -1.29. The molecule has 0 aliphatic rings. The molecule has 15 heavy (non-hydrogen) atoms. The Balaban J connectivity index is 2.31. The van der Waals surface area contributed by atoms with Gasteiger partial charge in [-0.05, 0) is 19.4 Å². The first kappa shape index (κ1) is 10.2. The first-order valence-electron chi connectivity index (χ1n) is 4.75. The van der Waals surface area contributed by atoms with Gasteiger partial charge < -0.3 is 0 Å². The molecule has 0 amide bonds. The molecule has 2 aromatic rings. The summed E-state index contributed by atoms with van der Waals surface area (Å²) in [6.45, 7) is 4.64. The van der Waals surface area contributed by atoms with Gasteiger partial charge in [0.2, 0.25) is 0 Å². The molecule has 0 saturated heterocycles. The van der Waals surface area contributed by atoms with Gasteiger partial charge in [-0.15, -0.1) is 0 Å². The van der Waals surface area contributed by atoms with Crippen LogP contribution in [0, 0.1) is 13.8 Å². The van der Waals surface area contributed by atoms with Crippen molar-refractivity contribution in [3.63, 3.8) is 0 Å². The molecular formula is C10H13ClN4. The van der Waals surface area contributed by atoms with E-state index >= 15 is 0 Å². The summed E-state index contributed by atoms with van der Waals surface area (Å²) in [5.41, 5.74) is 3.13. The lowest BCUT2D eigenvalue weighted by Gasteiger charge is -2.00. The summed E-state index contributed by atoms with van der Waals surface area (Å²) in [7, 11) is 1.84. The maximum Gasteiger partial charge on any atom is 0.132 e. The van der Waals surface area contributed by atoms with E-state index in [0.717, 1.165) is 16.8 Å². The third-order valence-electron chi connectivity index (χ3n) is 2.35. The fourth-order valence-corrected chi connectivity index (χ4v) is 1.80. The number of halogens is 1.